The standard InChI is InChI=1S/C32H35NO10S/c1-18(31(36)37)9-23(34)29-14-20-11-24-27(15-28(20)44-29)43-8-4-7-42-26-13-22-17-33(30(35)10-19(2)32(38)39)16-21(22)12-25(26)41-6-3-5-40-24/h11-15,18-19H,3-10,16-17H2,1-2H3,(H,36,37)(H,38,39)/t18-,19-/m0/s1. The predicted molar refractivity (Wildman–Crippen MR) is 161 cm³/mol. The lowest BCUT2D eigenvalue weighted by Gasteiger charge is -2.17. The summed E-state index contributed by atoms with van der Waals surface area (Å²) in [6, 6.07) is 9.23. The van der Waals surface area contributed by atoms with Crippen molar-refractivity contribution in [1.29, 1.82) is 0 Å². The number of rotatable bonds is 7. The lowest BCUT2D eigenvalue weighted by molar-refractivity contribution is -0.145. The molecule has 3 heterocycles. The zero-order valence-electron chi connectivity index (χ0n) is 24.6. The Morgan fingerprint density at radius 2 is 1.20 bits per heavy atom. The zero-order valence-corrected chi connectivity index (χ0v) is 25.4. The van der Waals surface area contributed by atoms with Gasteiger partial charge in [-0.3, -0.25) is 19.2 Å². The van der Waals surface area contributed by atoms with Crippen LogP contribution in [0.2, 0.25) is 0 Å². The lowest BCUT2D eigenvalue weighted by Crippen LogP contribution is -2.28. The van der Waals surface area contributed by atoms with Crippen LogP contribution in [0, 0.1) is 11.8 Å². The second-order valence-corrected chi connectivity index (χ2v) is 12.3. The van der Waals surface area contributed by atoms with Crippen molar-refractivity contribution in [3.8, 4) is 23.0 Å². The Morgan fingerprint density at radius 1 is 0.727 bits per heavy atom. The first-order valence-corrected chi connectivity index (χ1v) is 15.4. The van der Waals surface area contributed by atoms with Crippen molar-refractivity contribution in [1.82, 2.24) is 4.90 Å². The summed E-state index contributed by atoms with van der Waals surface area (Å²) in [4.78, 5) is 49.9. The summed E-state index contributed by atoms with van der Waals surface area (Å²) in [7, 11) is 0. The van der Waals surface area contributed by atoms with E-state index in [0.29, 0.717) is 80.2 Å². The second kappa shape index (κ2) is 13.5. The number of carboxylic acids is 2. The maximum Gasteiger partial charge on any atom is 0.306 e. The molecule has 0 spiro atoms. The quantitative estimate of drug-likeness (QED) is 0.337. The van der Waals surface area contributed by atoms with Crippen LogP contribution in [0.3, 0.4) is 0 Å². The number of ketones is 1. The first-order valence-electron chi connectivity index (χ1n) is 14.6. The van der Waals surface area contributed by atoms with Gasteiger partial charge in [-0.2, -0.15) is 0 Å². The number of fused-ring (bicyclic) bond motifs is 4. The van der Waals surface area contributed by atoms with Gasteiger partial charge in [-0.25, -0.2) is 0 Å². The van der Waals surface area contributed by atoms with E-state index in [1.165, 1.54) is 25.2 Å². The molecule has 44 heavy (non-hydrogen) atoms. The van der Waals surface area contributed by atoms with Crippen molar-refractivity contribution in [2.24, 2.45) is 11.8 Å². The number of carbonyl (C=O) groups excluding carboxylic acids is 2. The molecule has 0 saturated carbocycles. The Kier molecular flexibility index (Phi) is 9.58. The van der Waals surface area contributed by atoms with E-state index in [0.717, 1.165) is 21.2 Å². The summed E-state index contributed by atoms with van der Waals surface area (Å²) in [5.74, 6) is -1.68. The van der Waals surface area contributed by atoms with Gasteiger partial charge in [0.25, 0.3) is 0 Å². The van der Waals surface area contributed by atoms with E-state index in [1.807, 2.05) is 24.3 Å². The molecule has 2 N–H and O–H groups in total. The Morgan fingerprint density at radius 3 is 1.73 bits per heavy atom. The van der Waals surface area contributed by atoms with Crippen LogP contribution in [-0.4, -0.2) is 65.2 Å². The number of thiophene rings is 1. The number of carboxylic acid groups (broad SMARTS) is 2. The largest absolute Gasteiger partial charge is 0.490 e. The van der Waals surface area contributed by atoms with Gasteiger partial charge < -0.3 is 34.1 Å². The molecule has 2 aliphatic rings. The number of amides is 1. The number of ether oxygens (including phenoxy) is 4. The van der Waals surface area contributed by atoms with E-state index >= 15 is 0 Å². The van der Waals surface area contributed by atoms with E-state index in [-0.39, 0.29) is 24.5 Å². The van der Waals surface area contributed by atoms with Gasteiger partial charge in [-0.1, -0.05) is 13.8 Å². The summed E-state index contributed by atoms with van der Waals surface area (Å²) in [6.07, 6.45) is 1.00. The highest BCUT2D eigenvalue weighted by molar-refractivity contribution is 7.20. The van der Waals surface area contributed by atoms with Gasteiger partial charge in [0.05, 0.1) is 43.1 Å². The number of aliphatic carboxylic acids is 2. The maximum atomic E-state index is 12.7. The highest BCUT2D eigenvalue weighted by Crippen LogP contribution is 2.39. The smallest absolute Gasteiger partial charge is 0.306 e. The van der Waals surface area contributed by atoms with Crippen molar-refractivity contribution in [3.63, 3.8) is 0 Å². The molecular weight excluding hydrogens is 590 g/mol. The second-order valence-electron chi connectivity index (χ2n) is 11.2. The molecule has 234 valence electrons. The Balaban J connectivity index is 1.26. The van der Waals surface area contributed by atoms with Gasteiger partial charge >= 0.3 is 11.9 Å². The third-order valence-electron chi connectivity index (χ3n) is 7.62. The van der Waals surface area contributed by atoms with Gasteiger partial charge in [0.1, 0.15) is 0 Å². The minimum atomic E-state index is -1.00. The molecule has 0 fully saturated rings. The number of hydrogen-bond acceptors (Lipinski definition) is 9. The summed E-state index contributed by atoms with van der Waals surface area (Å²) < 4.78 is 25.2. The van der Waals surface area contributed by atoms with Crippen molar-refractivity contribution >= 4 is 45.1 Å². The van der Waals surface area contributed by atoms with E-state index in [2.05, 4.69) is 0 Å². The summed E-state index contributed by atoms with van der Waals surface area (Å²) in [5.41, 5.74) is 1.88. The van der Waals surface area contributed by atoms with Gasteiger partial charge in [0.15, 0.2) is 28.8 Å². The van der Waals surface area contributed by atoms with E-state index in [1.54, 1.807) is 11.0 Å². The lowest BCUT2D eigenvalue weighted by atomic mass is 10.0. The number of hydrogen-bond donors (Lipinski definition) is 2. The summed E-state index contributed by atoms with van der Waals surface area (Å²) in [5, 5.41) is 19.1. The topological polar surface area (TPSA) is 149 Å². The Bertz CT molecular complexity index is 1500. The molecule has 2 aromatic carbocycles. The maximum absolute atomic E-state index is 12.7. The third kappa shape index (κ3) is 7.24. The molecule has 12 heteroatoms. The molecule has 0 radical (unpaired) electrons. The number of Topliss-reactive ketones (excluding diaryl/α,β-unsaturated/α-hetero) is 1. The van der Waals surface area contributed by atoms with Crippen LogP contribution in [0.15, 0.2) is 30.3 Å². The van der Waals surface area contributed by atoms with E-state index in [4.69, 9.17) is 29.2 Å². The molecule has 0 bridgehead atoms. The van der Waals surface area contributed by atoms with Crippen LogP contribution in [-0.2, 0) is 27.5 Å². The molecule has 2 aliphatic heterocycles. The number of nitrogens with zero attached hydrogens (tertiary/aromatic N) is 1. The third-order valence-corrected chi connectivity index (χ3v) is 8.76. The Labute approximate surface area is 258 Å². The minimum absolute atomic E-state index is 0.0538. The molecular formula is C32H35NO10S. The summed E-state index contributed by atoms with van der Waals surface area (Å²) >= 11 is 1.30. The van der Waals surface area contributed by atoms with Crippen molar-refractivity contribution in [3.05, 3.63) is 46.3 Å². The fraction of sp³-hybridized carbons (Fsp3) is 0.438. The van der Waals surface area contributed by atoms with Crippen LogP contribution in [0.25, 0.3) is 10.1 Å². The molecule has 0 aliphatic carbocycles. The molecule has 1 amide bonds. The fourth-order valence-electron chi connectivity index (χ4n) is 5.01. The fourth-order valence-corrected chi connectivity index (χ4v) is 6.03. The molecule has 11 nitrogen and oxygen atoms in total. The Hall–Kier alpha value is -4.32. The average molecular weight is 626 g/mol. The van der Waals surface area contributed by atoms with E-state index < -0.39 is 23.8 Å². The first kappa shape index (κ1) is 31.1. The molecule has 0 saturated heterocycles. The van der Waals surface area contributed by atoms with E-state index in [9.17, 15) is 19.2 Å². The van der Waals surface area contributed by atoms with Crippen LogP contribution < -0.4 is 18.9 Å². The van der Waals surface area contributed by atoms with Crippen LogP contribution >= 0.6 is 11.3 Å². The average Bonchev–Trinajstić information content (AvgIpc) is 3.59. The molecule has 5 rings (SSSR count). The first-order chi connectivity index (χ1) is 21.1. The monoisotopic (exact) mass is 625 g/mol. The van der Waals surface area contributed by atoms with Crippen LogP contribution in [0.5, 0.6) is 23.0 Å². The number of carbonyl (C=O) groups is 4. The summed E-state index contributed by atoms with van der Waals surface area (Å²) in [6.45, 7) is 5.21. The highest BCUT2D eigenvalue weighted by atomic mass is 32.1. The van der Waals surface area contributed by atoms with Gasteiger partial charge in [-0.05, 0) is 40.8 Å². The normalized spacial score (nSPS) is 16.5. The molecule has 3 aromatic rings. The molecule has 2 atom stereocenters. The van der Waals surface area contributed by atoms with Crippen molar-refractivity contribution in [2.75, 3.05) is 26.4 Å². The van der Waals surface area contributed by atoms with Crippen molar-refractivity contribution in [2.45, 2.75) is 52.6 Å². The molecule has 1 aromatic heterocycles. The highest BCUT2D eigenvalue weighted by Gasteiger charge is 2.28. The number of benzene rings is 2. The SMILES string of the molecule is C[C@@H](CC(=O)c1cc2cc3c(cc2s1)OCCCOc1cc2c(cc1OCCCO3)CN(C(=O)C[C@H](C)C(=O)O)C2)C(=O)O. The van der Waals surface area contributed by atoms with Gasteiger partial charge in [-0.15, -0.1) is 11.3 Å². The van der Waals surface area contributed by atoms with Crippen LogP contribution in [0.1, 0.15) is 60.3 Å². The predicted octanol–water partition coefficient (Wildman–Crippen LogP) is 5.16. The molecule has 0 unspecified atom stereocenters. The van der Waals surface area contributed by atoms with Crippen LogP contribution in [0.4, 0.5) is 0 Å². The zero-order chi connectivity index (χ0) is 31.4. The minimum Gasteiger partial charge on any atom is -0.490 e. The van der Waals surface area contributed by atoms with Gasteiger partial charge in [0.2, 0.25) is 5.91 Å². The van der Waals surface area contributed by atoms with Crippen molar-refractivity contribution < 1.29 is 48.3 Å². The van der Waals surface area contributed by atoms with Gasteiger partial charge in [0, 0.05) is 49.5 Å².